The molecular weight excluding hydrogens is 228 g/mol. The van der Waals surface area contributed by atoms with Gasteiger partial charge in [0.15, 0.2) is 5.11 Å². The third-order valence-corrected chi connectivity index (χ3v) is 3.74. The van der Waals surface area contributed by atoms with Crippen LogP contribution < -0.4 is 5.32 Å². The lowest BCUT2D eigenvalue weighted by Gasteiger charge is -2.38. The summed E-state index contributed by atoms with van der Waals surface area (Å²) in [7, 11) is 0. The molecule has 0 bridgehead atoms. The zero-order valence-corrected chi connectivity index (χ0v) is 11.3. The Bertz CT molecular complexity index is 377. The number of nitrogens with zero attached hydrogens (tertiary/aromatic N) is 1. The normalized spacial score (nSPS) is 24.5. The number of nitrogens with one attached hydrogen (secondary N) is 1. The average molecular weight is 248 g/mol. The highest BCUT2D eigenvalue weighted by molar-refractivity contribution is 7.80. The lowest BCUT2D eigenvalue weighted by molar-refractivity contribution is 0.210. The van der Waals surface area contributed by atoms with Crippen molar-refractivity contribution >= 4 is 23.0 Å². The number of benzene rings is 1. The molecule has 0 amide bonds. The molecule has 1 aromatic carbocycles. The summed E-state index contributed by atoms with van der Waals surface area (Å²) < 4.78 is 0. The van der Waals surface area contributed by atoms with E-state index in [1.54, 1.807) is 0 Å². The van der Waals surface area contributed by atoms with E-state index in [0.29, 0.717) is 6.04 Å². The molecule has 0 saturated carbocycles. The molecule has 0 aliphatic carbocycles. The molecule has 2 atom stereocenters. The van der Waals surface area contributed by atoms with Gasteiger partial charge in [-0.1, -0.05) is 25.1 Å². The largest absolute Gasteiger partial charge is 0.346 e. The molecule has 1 aliphatic rings. The number of likely N-dealkylation sites (tertiary alicyclic amines) is 1. The van der Waals surface area contributed by atoms with Gasteiger partial charge >= 0.3 is 0 Å². The summed E-state index contributed by atoms with van der Waals surface area (Å²) in [6.45, 7) is 5.62. The van der Waals surface area contributed by atoms with Gasteiger partial charge in [-0.3, -0.25) is 0 Å². The van der Waals surface area contributed by atoms with Crippen LogP contribution in [0.4, 0.5) is 5.69 Å². The van der Waals surface area contributed by atoms with E-state index < -0.39 is 0 Å². The van der Waals surface area contributed by atoms with Gasteiger partial charge in [-0.15, -0.1) is 0 Å². The number of para-hydroxylation sites is 1. The van der Waals surface area contributed by atoms with Crippen LogP contribution in [-0.4, -0.2) is 22.6 Å². The van der Waals surface area contributed by atoms with Crippen molar-refractivity contribution in [1.82, 2.24) is 4.90 Å². The monoisotopic (exact) mass is 248 g/mol. The summed E-state index contributed by atoms with van der Waals surface area (Å²) in [6, 6.07) is 10.7. The van der Waals surface area contributed by atoms with Gasteiger partial charge < -0.3 is 10.2 Å². The van der Waals surface area contributed by atoms with Crippen LogP contribution >= 0.6 is 12.2 Å². The number of anilines is 1. The van der Waals surface area contributed by atoms with Gasteiger partial charge in [0.25, 0.3) is 0 Å². The number of thiocarbonyl (C=S) groups is 1. The summed E-state index contributed by atoms with van der Waals surface area (Å²) in [4.78, 5) is 2.32. The molecule has 2 nitrogen and oxygen atoms in total. The quantitative estimate of drug-likeness (QED) is 0.766. The second-order valence-corrected chi connectivity index (χ2v) is 5.37. The number of hydrogen-bond donors (Lipinski definition) is 1. The second kappa shape index (κ2) is 5.50. The first-order valence-electron chi connectivity index (χ1n) is 6.29. The lowest BCUT2D eigenvalue weighted by atomic mass is 9.95. The Morgan fingerprint density at radius 1 is 1.24 bits per heavy atom. The van der Waals surface area contributed by atoms with Gasteiger partial charge in [-0.2, -0.15) is 0 Å². The van der Waals surface area contributed by atoms with Gasteiger partial charge in [0.2, 0.25) is 0 Å². The van der Waals surface area contributed by atoms with E-state index in [2.05, 4.69) is 24.1 Å². The molecule has 3 heteroatoms. The van der Waals surface area contributed by atoms with Crippen LogP contribution in [0.15, 0.2) is 30.3 Å². The van der Waals surface area contributed by atoms with E-state index in [1.807, 2.05) is 30.3 Å². The van der Waals surface area contributed by atoms with Crippen molar-refractivity contribution in [1.29, 1.82) is 0 Å². The van der Waals surface area contributed by atoms with Gasteiger partial charge in [0, 0.05) is 18.3 Å². The van der Waals surface area contributed by atoms with E-state index in [0.717, 1.165) is 23.3 Å². The first-order chi connectivity index (χ1) is 8.16. The Labute approximate surface area is 109 Å². The van der Waals surface area contributed by atoms with Crippen molar-refractivity contribution in [2.75, 3.05) is 11.9 Å². The Balaban J connectivity index is 1.99. The molecule has 1 aliphatic heterocycles. The molecule has 0 aromatic heterocycles. The molecule has 17 heavy (non-hydrogen) atoms. The van der Waals surface area contributed by atoms with Crippen LogP contribution in [0, 0.1) is 5.92 Å². The fourth-order valence-electron chi connectivity index (χ4n) is 2.29. The van der Waals surface area contributed by atoms with Crippen molar-refractivity contribution < 1.29 is 0 Å². The predicted molar refractivity (Wildman–Crippen MR) is 77.2 cm³/mol. The summed E-state index contributed by atoms with van der Waals surface area (Å²) in [5, 5.41) is 4.18. The molecular formula is C14H20N2S. The molecule has 92 valence electrons. The zero-order chi connectivity index (χ0) is 12.3. The zero-order valence-electron chi connectivity index (χ0n) is 10.5. The fourth-order valence-corrected chi connectivity index (χ4v) is 2.66. The topological polar surface area (TPSA) is 15.3 Å². The molecule has 2 rings (SSSR count). The predicted octanol–water partition coefficient (Wildman–Crippen LogP) is 3.50. The number of rotatable bonds is 1. The SMILES string of the molecule is CC1CCC(C)N(C(=S)Nc2ccccc2)C1. The minimum atomic E-state index is 0.551. The average Bonchev–Trinajstić information content (AvgIpc) is 2.33. The summed E-state index contributed by atoms with van der Waals surface area (Å²) in [5.74, 6) is 0.738. The summed E-state index contributed by atoms with van der Waals surface area (Å²) in [5.41, 5.74) is 1.07. The van der Waals surface area contributed by atoms with Crippen LogP contribution in [0.3, 0.4) is 0 Å². The highest BCUT2D eigenvalue weighted by atomic mass is 32.1. The van der Waals surface area contributed by atoms with Crippen molar-refractivity contribution in [2.45, 2.75) is 32.7 Å². The third kappa shape index (κ3) is 3.19. The van der Waals surface area contributed by atoms with Crippen LogP contribution in [0.25, 0.3) is 0 Å². The fraction of sp³-hybridized carbons (Fsp3) is 0.500. The van der Waals surface area contributed by atoms with Crippen LogP contribution in [0.1, 0.15) is 26.7 Å². The first kappa shape index (κ1) is 12.4. The van der Waals surface area contributed by atoms with E-state index >= 15 is 0 Å². The second-order valence-electron chi connectivity index (χ2n) is 4.98. The Hall–Kier alpha value is -1.09. The summed E-state index contributed by atoms with van der Waals surface area (Å²) in [6.07, 6.45) is 2.55. The molecule has 2 unspecified atom stereocenters. The number of hydrogen-bond acceptors (Lipinski definition) is 1. The third-order valence-electron chi connectivity index (χ3n) is 3.40. The first-order valence-corrected chi connectivity index (χ1v) is 6.70. The number of piperidine rings is 1. The maximum atomic E-state index is 5.50. The Kier molecular flexibility index (Phi) is 4.00. The molecule has 1 N–H and O–H groups in total. The molecule has 0 spiro atoms. The molecule has 1 saturated heterocycles. The van der Waals surface area contributed by atoms with Crippen molar-refractivity contribution in [3.05, 3.63) is 30.3 Å². The minimum absolute atomic E-state index is 0.551. The maximum absolute atomic E-state index is 5.50. The lowest BCUT2D eigenvalue weighted by Crippen LogP contribution is -2.46. The Morgan fingerprint density at radius 2 is 1.94 bits per heavy atom. The van der Waals surface area contributed by atoms with Crippen LogP contribution in [0.5, 0.6) is 0 Å². The minimum Gasteiger partial charge on any atom is -0.346 e. The highest BCUT2D eigenvalue weighted by Gasteiger charge is 2.24. The van der Waals surface area contributed by atoms with E-state index in [9.17, 15) is 0 Å². The molecule has 1 heterocycles. The molecule has 1 aromatic rings. The van der Waals surface area contributed by atoms with Crippen molar-refractivity contribution in [2.24, 2.45) is 5.92 Å². The van der Waals surface area contributed by atoms with Gasteiger partial charge in [0.1, 0.15) is 0 Å². The maximum Gasteiger partial charge on any atom is 0.173 e. The van der Waals surface area contributed by atoms with E-state index in [-0.39, 0.29) is 0 Å². The highest BCUT2D eigenvalue weighted by Crippen LogP contribution is 2.22. The molecule has 0 radical (unpaired) electrons. The van der Waals surface area contributed by atoms with Crippen molar-refractivity contribution in [3.8, 4) is 0 Å². The molecule has 1 fully saturated rings. The van der Waals surface area contributed by atoms with E-state index in [1.165, 1.54) is 12.8 Å². The Morgan fingerprint density at radius 3 is 2.65 bits per heavy atom. The van der Waals surface area contributed by atoms with Gasteiger partial charge in [-0.05, 0) is 50.0 Å². The van der Waals surface area contributed by atoms with Crippen LogP contribution in [-0.2, 0) is 0 Å². The van der Waals surface area contributed by atoms with Crippen molar-refractivity contribution in [3.63, 3.8) is 0 Å². The van der Waals surface area contributed by atoms with E-state index in [4.69, 9.17) is 12.2 Å². The van der Waals surface area contributed by atoms with Crippen LogP contribution in [0.2, 0.25) is 0 Å². The smallest absolute Gasteiger partial charge is 0.173 e. The standard InChI is InChI=1S/C14H20N2S/c1-11-8-9-12(2)16(10-11)14(17)15-13-6-4-3-5-7-13/h3-7,11-12H,8-10H2,1-2H3,(H,15,17). The summed E-state index contributed by atoms with van der Waals surface area (Å²) >= 11 is 5.50. The van der Waals surface area contributed by atoms with Gasteiger partial charge in [-0.25, -0.2) is 0 Å². The van der Waals surface area contributed by atoms with Gasteiger partial charge in [0.05, 0.1) is 0 Å².